The summed E-state index contributed by atoms with van der Waals surface area (Å²) in [4.78, 5) is 24.8. The number of imidazole rings is 1. The number of aliphatic hydroxyl groups excluding tert-OH is 1. The number of anilines is 4. The molecule has 3 heterocycles. The monoisotopic (exact) mass is 579 g/mol. The van der Waals surface area contributed by atoms with E-state index in [2.05, 4.69) is 43.2 Å². The molecule has 14 nitrogen and oxygen atoms in total. The van der Waals surface area contributed by atoms with E-state index in [1.54, 1.807) is 12.1 Å². The Bertz CT molecular complexity index is 1530. The second-order valence-electron chi connectivity index (χ2n) is 10.3. The highest BCUT2D eigenvalue weighted by atomic mass is 35.5. The number of ether oxygens (including phenoxy) is 1. The van der Waals surface area contributed by atoms with Crippen molar-refractivity contribution in [2.75, 3.05) is 55.9 Å². The maximum atomic E-state index is 12.2. The van der Waals surface area contributed by atoms with Gasteiger partial charge in [-0.3, -0.25) is 0 Å². The number of hydrogen-bond acceptors (Lipinski definition) is 12. The molecular formula is C26H30ClN11O3. The first-order valence-corrected chi connectivity index (χ1v) is 13.6. The first-order valence-electron chi connectivity index (χ1n) is 13.2. The van der Waals surface area contributed by atoms with Crippen LogP contribution in [0.3, 0.4) is 0 Å². The Hall–Kier alpha value is -4.37. The second kappa shape index (κ2) is 12.0. The van der Waals surface area contributed by atoms with Gasteiger partial charge in [-0.05, 0) is 45.5 Å². The molecule has 214 valence electrons. The minimum atomic E-state index is -0.893. The third-order valence-electron chi connectivity index (χ3n) is 6.82. The Morgan fingerprint density at radius 1 is 1.27 bits per heavy atom. The van der Waals surface area contributed by atoms with Gasteiger partial charge in [-0.15, -0.1) is 5.10 Å². The van der Waals surface area contributed by atoms with Gasteiger partial charge in [0.05, 0.1) is 46.4 Å². The Morgan fingerprint density at radius 2 is 2.07 bits per heavy atom. The fourth-order valence-electron chi connectivity index (χ4n) is 4.48. The average Bonchev–Trinajstić information content (AvgIpc) is 3.66. The van der Waals surface area contributed by atoms with Crippen molar-refractivity contribution in [2.45, 2.75) is 37.5 Å². The number of rotatable bonds is 9. The standard InChI is InChI=1S/C26H30ClN11O3/c1-36(2)7-8-41-26(40)33-18-5-6-37(14-21(18)39)20-10-15(11-28)9-19(22(20)27)32-25-34-23(31-16-3-4-16)24-30-13-17(12-29)38(24)35-25/h9-10,13,16,18,21,39H,3-8,14H2,1-2H3,(H,33,40)(H2,31,32,34,35)/t18-,21+/m1/s1. The molecule has 1 aromatic carbocycles. The van der Waals surface area contributed by atoms with Crippen LogP contribution in [0.25, 0.3) is 5.65 Å². The summed E-state index contributed by atoms with van der Waals surface area (Å²) >= 11 is 6.83. The van der Waals surface area contributed by atoms with Gasteiger partial charge in [0.15, 0.2) is 17.2 Å². The molecule has 15 heteroatoms. The number of carbonyl (C=O) groups is 1. The largest absolute Gasteiger partial charge is 0.448 e. The summed E-state index contributed by atoms with van der Waals surface area (Å²) in [5, 5.41) is 43.9. The van der Waals surface area contributed by atoms with Crippen molar-refractivity contribution >= 4 is 46.5 Å². The Kier molecular flexibility index (Phi) is 8.26. The van der Waals surface area contributed by atoms with Gasteiger partial charge < -0.3 is 35.6 Å². The molecule has 0 unspecified atom stereocenters. The Morgan fingerprint density at radius 3 is 2.76 bits per heavy atom. The van der Waals surface area contributed by atoms with Crippen LogP contribution in [0.15, 0.2) is 18.3 Å². The number of amides is 1. The molecule has 0 spiro atoms. The number of nitrogens with one attached hydrogen (secondary N) is 3. The topological polar surface area (TPSA) is 180 Å². The lowest BCUT2D eigenvalue weighted by atomic mass is 10.0. The van der Waals surface area contributed by atoms with Crippen molar-refractivity contribution in [3.05, 3.63) is 34.6 Å². The molecule has 2 atom stereocenters. The van der Waals surface area contributed by atoms with Crippen molar-refractivity contribution < 1.29 is 14.6 Å². The van der Waals surface area contributed by atoms with Crippen LogP contribution < -0.4 is 20.9 Å². The van der Waals surface area contributed by atoms with E-state index < -0.39 is 18.2 Å². The molecular weight excluding hydrogens is 550 g/mol. The third-order valence-corrected chi connectivity index (χ3v) is 7.22. The normalized spacial score (nSPS) is 18.6. The van der Waals surface area contributed by atoms with Crippen LogP contribution in [0, 0.1) is 22.7 Å². The van der Waals surface area contributed by atoms with Gasteiger partial charge in [0, 0.05) is 25.7 Å². The number of aliphatic hydroxyl groups is 1. The zero-order valence-corrected chi connectivity index (χ0v) is 23.4. The van der Waals surface area contributed by atoms with Crippen LogP contribution in [-0.4, -0.2) is 94.2 Å². The molecule has 0 bridgehead atoms. The van der Waals surface area contributed by atoms with Crippen LogP contribution in [0.4, 0.5) is 27.9 Å². The van der Waals surface area contributed by atoms with E-state index in [1.165, 1.54) is 10.7 Å². The van der Waals surface area contributed by atoms with E-state index in [9.17, 15) is 20.4 Å². The number of alkyl carbamates (subject to hydrolysis) is 1. The molecule has 1 saturated carbocycles. The summed E-state index contributed by atoms with van der Waals surface area (Å²) in [5.41, 5.74) is 1.94. The molecule has 2 fully saturated rings. The van der Waals surface area contributed by atoms with Crippen LogP contribution in [0.1, 0.15) is 30.5 Å². The maximum absolute atomic E-state index is 12.2. The summed E-state index contributed by atoms with van der Waals surface area (Å²) in [6, 6.07) is 7.24. The molecule has 5 rings (SSSR count). The van der Waals surface area contributed by atoms with Crippen LogP contribution in [0.2, 0.25) is 5.02 Å². The first kappa shape index (κ1) is 28.2. The van der Waals surface area contributed by atoms with Crippen molar-refractivity contribution in [3.8, 4) is 12.1 Å². The third kappa shape index (κ3) is 6.52. The number of hydrogen-bond donors (Lipinski definition) is 4. The smallest absolute Gasteiger partial charge is 0.407 e. The van der Waals surface area contributed by atoms with E-state index in [4.69, 9.17) is 16.3 Å². The highest BCUT2D eigenvalue weighted by Gasteiger charge is 2.31. The molecule has 2 aliphatic rings. The van der Waals surface area contributed by atoms with E-state index in [1.807, 2.05) is 23.9 Å². The Balaban J connectivity index is 1.35. The predicted molar refractivity (Wildman–Crippen MR) is 151 cm³/mol. The number of piperidine rings is 1. The number of halogens is 1. The van der Waals surface area contributed by atoms with Crippen LogP contribution in [-0.2, 0) is 4.74 Å². The number of benzene rings is 1. The van der Waals surface area contributed by atoms with E-state index >= 15 is 0 Å². The fraction of sp³-hybridized carbons (Fsp3) is 0.462. The highest BCUT2D eigenvalue weighted by Crippen LogP contribution is 2.37. The van der Waals surface area contributed by atoms with Gasteiger partial charge in [-0.25, -0.2) is 9.78 Å². The van der Waals surface area contributed by atoms with E-state index in [0.717, 1.165) is 12.8 Å². The maximum Gasteiger partial charge on any atom is 0.407 e. The Labute approximate surface area is 241 Å². The summed E-state index contributed by atoms with van der Waals surface area (Å²) in [7, 11) is 3.76. The van der Waals surface area contributed by atoms with Crippen molar-refractivity contribution in [3.63, 3.8) is 0 Å². The first-order chi connectivity index (χ1) is 19.7. The lowest BCUT2D eigenvalue weighted by molar-refractivity contribution is 0.0932. The summed E-state index contributed by atoms with van der Waals surface area (Å²) < 4.78 is 6.59. The zero-order valence-electron chi connectivity index (χ0n) is 22.6. The van der Waals surface area contributed by atoms with Crippen molar-refractivity contribution in [1.82, 2.24) is 29.8 Å². The van der Waals surface area contributed by atoms with Gasteiger partial charge in [0.25, 0.3) is 0 Å². The highest BCUT2D eigenvalue weighted by molar-refractivity contribution is 6.36. The molecule has 1 aliphatic carbocycles. The quantitative estimate of drug-likeness (QED) is 0.290. The fourth-order valence-corrected chi connectivity index (χ4v) is 4.75. The van der Waals surface area contributed by atoms with Gasteiger partial charge in [-0.1, -0.05) is 11.6 Å². The van der Waals surface area contributed by atoms with E-state index in [-0.39, 0.29) is 30.8 Å². The van der Waals surface area contributed by atoms with Crippen LogP contribution in [0.5, 0.6) is 0 Å². The number of nitriles is 2. The van der Waals surface area contributed by atoms with E-state index in [0.29, 0.717) is 52.9 Å². The summed E-state index contributed by atoms with van der Waals surface area (Å²) in [6.45, 7) is 1.48. The molecule has 1 saturated heterocycles. The lowest BCUT2D eigenvalue weighted by Crippen LogP contribution is -2.54. The van der Waals surface area contributed by atoms with Crippen LogP contribution >= 0.6 is 11.6 Å². The number of carbonyl (C=O) groups excluding carboxylic acids is 1. The average molecular weight is 580 g/mol. The molecule has 1 aliphatic heterocycles. The minimum Gasteiger partial charge on any atom is -0.448 e. The molecule has 41 heavy (non-hydrogen) atoms. The zero-order chi connectivity index (χ0) is 29.1. The summed E-state index contributed by atoms with van der Waals surface area (Å²) in [6.07, 6.45) is 2.43. The molecule has 1 amide bonds. The molecule has 4 N–H and O–H groups in total. The lowest BCUT2D eigenvalue weighted by Gasteiger charge is -2.38. The molecule has 3 aromatic rings. The molecule has 2 aromatic heterocycles. The van der Waals surface area contributed by atoms with Gasteiger partial charge in [-0.2, -0.15) is 20.0 Å². The van der Waals surface area contributed by atoms with Gasteiger partial charge >= 0.3 is 6.09 Å². The van der Waals surface area contributed by atoms with Crippen molar-refractivity contribution in [1.29, 1.82) is 10.5 Å². The van der Waals surface area contributed by atoms with Crippen molar-refractivity contribution in [2.24, 2.45) is 0 Å². The van der Waals surface area contributed by atoms with Gasteiger partial charge in [0.1, 0.15) is 12.7 Å². The van der Waals surface area contributed by atoms with Gasteiger partial charge in [0.2, 0.25) is 5.95 Å². The second-order valence-corrected chi connectivity index (χ2v) is 10.7. The number of aromatic nitrogens is 4. The number of fused-ring (bicyclic) bond motifs is 1. The molecule has 0 radical (unpaired) electrons. The summed E-state index contributed by atoms with van der Waals surface area (Å²) in [5.74, 6) is 0.644. The number of β-amino-alcohol motifs (C(OH)–C–C–N with tert-alkyl or cyclic N) is 1. The SMILES string of the molecule is CN(C)CCOC(=O)N[C@@H]1CCN(c2cc(C#N)cc(Nc3nc(NC4CC4)c4ncc(C#N)n4n3)c2Cl)C[C@@H]1O. The number of likely N-dealkylation sites (N-methyl/N-ethyl adjacent to an activating group) is 1. The number of nitrogens with zero attached hydrogens (tertiary/aromatic N) is 8. The minimum absolute atomic E-state index is 0.161. The predicted octanol–water partition coefficient (Wildman–Crippen LogP) is 2.07.